The number of unbranched alkanes of at least 4 members (excludes halogenated alkanes) is 2. The van der Waals surface area contributed by atoms with Gasteiger partial charge in [-0.3, -0.25) is 0 Å². The van der Waals surface area contributed by atoms with E-state index in [0.29, 0.717) is 6.42 Å². The SMILES string of the molecule is C=C/C=C/CC/C=C/C=C/C=C/CC/C=C/[C@@H](O)[C@H](O)[C@@H]1O[C@@H]([C@H](O)CO)C[C@@H](O)[C@H]1O. The summed E-state index contributed by atoms with van der Waals surface area (Å²) in [5, 5.41) is 59.3. The number of ether oxygens (including phenoxy) is 1. The normalized spacial score (nSPS) is 27.8. The zero-order valence-electron chi connectivity index (χ0n) is 18.4. The maximum absolute atomic E-state index is 10.3. The van der Waals surface area contributed by atoms with Gasteiger partial charge in [0.2, 0.25) is 0 Å². The van der Waals surface area contributed by atoms with Gasteiger partial charge in [0.1, 0.15) is 30.5 Å². The molecule has 1 aliphatic heterocycles. The molecule has 7 atom stereocenters. The number of rotatable bonds is 14. The summed E-state index contributed by atoms with van der Waals surface area (Å²) in [6, 6.07) is 0. The van der Waals surface area contributed by atoms with E-state index in [2.05, 4.69) is 18.7 Å². The maximum atomic E-state index is 10.3. The molecule has 6 N–H and O–H groups in total. The molecule has 1 heterocycles. The van der Waals surface area contributed by atoms with Crippen LogP contribution < -0.4 is 0 Å². The van der Waals surface area contributed by atoms with E-state index in [9.17, 15) is 25.5 Å². The summed E-state index contributed by atoms with van der Waals surface area (Å²) in [4.78, 5) is 0. The summed E-state index contributed by atoms with van der Waals surface area (Å²) >= 11 is 0. The molecule has 1 aliphatic rings. The first-order valence-electron chi connectivity index (χ1n) is 11.0. The zero-order valence-corrected chi connectivity index (χ0v) is 18.4. The first-order valence-corrected chi connectivity index (χ1v) is 11.0. The fraction of sp³-hybridized carbons (Fsp3) is 0.520. The molecule has 0 aromatic carbocycles. The largest absolute Gasteiger partial charge is 0.394 e. The fourth-order valence-corrected chi connectivity index (χ4v) is 3.18. The number of allylic oxidation sites excluding steroid dienone is 10. The Hall–Kier alpha value is -1.84. The molecule has 1 rings (SSSR count). The third kappa shape index (κ3) is 10.7. The minimum absolute atomic E-state index is 0.0816. The monoisotopic (exact) mass is 450 g/mol. The quantitative estimate of drug-likeness (QED) is 0.134. The first kappa shape index (κ1) is 28.2. The summed E-state index contributed by atoms with van der Waals surface area (Å²) in [6.07, 6.45) is 15.0. The van der Waals surface area contributed by atoms with Gasteiger partial charge in [-0.25, -0.2) is 0 Å². The van der Waals surface area contributed by atoms with Gasteiger partial charge in [0, 0.05) is 6.42 Å². The highest BCUT2D eigenvalue weighted by molar-refractivity contribution is 5.11. The third-order valence-electron chi connectivity index (χ3n) is 5.05. The van der Waals surface area contributed by atoms with Gasteiger partial charge >= 0.3 is 0 Å². The van der Waals surface area contributed by atoms with Gasteiger partial charge in [-0.05, 0) is 25.7 Å². The maximum Gasteiger partial charge on any atom is 0.115 e. The summed E-state index contributed by atoms with van der Waals surface area (Å²) in [6.45, 7) is 3.04. The lowest BCUT2D eigenvalue weighted by Gasteiger charge is -2.41. The van der Waals surface area contributed by atoms with E-state index < -0.39 is 49.3 Å². The van der Waals surface area contributed by atoms with Gasteiger partial charge in [-0.1, -0.05) is 73.4 Å². The van der Waals surface area contributed by atoms with Crippen molar-refractivity contribution in [2.75, 3.05) is 6.61 Å². The van der Waals surface area contributed by atoms with Crippen LogP contribution >= 0.6 is 0 Å². The zero-order chi connectivity index (χ0) is 23.8. The van der Waals surface area contributed by atoms with Crippen molar-refractivity contribution in [3.05, 3.63) is 73.4 Å². The lowest BCUT2D eigenvalue weighted by molar-refractivity contribution is -0.229. The Kier molecular flexibility index (Phi) is 14.8. The van der Waals surface area contributed by atoms with Crippen molar-refractivity contribution in [1.29, 1.82) is 0 Å². The van der Waals surface area contributed by atoms with Crippen molar-refractivity contribution in [1.82, 2.24) is 0 Å². The average molecular weight is 451 g/mol. The molecule has 7 nitrogen and oxygen atoms in total. The van der Waals surface area contributed by atoms with Crippen LogP contribution in [-0.2, 0) is 4.74 Å². The topological polar surface area (TPSA) is 131 Å². The molecule has 0 bridgehead atoms. The lowest BCUT2D eigenvalue weighted by Crippen LogP contribution is -2.58. The highest BCUT2D eigenvalue weighted by Gasteiger charge is 2.44. The van der Waals surface area contributed by atoms with E-state index in [-0.39, 0.29) is 6.42 Å². The molecule has 0 unspecified atom stereocenters. The predicted octanol–water partition coefficient (Wildman–Crippen LogP) is 1.47. The highest BCUT2D eigenvalue weighted by Crippen LogP contribution is 2.26. The van der Waals surface area contributed by atoms with Gasteiger partial charge in [-0.2, -0.15) is 0 Å². The third-order valence-corrected chi connectivity index (χ3v) is 5.05. The smallest absolute Gasteiger partial charge is 0.115 e. The van der Waals surface area contributed by atoms with E-state index in [0.717, 1.165) is 19.3 Å². The highest BCUT2D eigenvalue weighted by atomic mass is 16.5. The molecule has 0 aromatic heterocycles. The van der Waals surface area contributed by atoms with Crippen LogP contribution in [0.25, 0.3) is 0 Å². The van der Waals surface area contributed by atoms with E-state index in [4.69, 9.17) is 9.84 Å². The molecule has 0 aliphatic carbocycles. The molecule has 1 fully saturated rings. The number of aliphatic hydroxyl groups excluding tert-OH is 6. The van der Waals surface area contributed by atoms with Crippen LogP contribution in [0.15, 0.2) is 73.4 Å². The van der Waals surface area contributed by atoms with Crippen molar-refractivity contribution in [3.8, 4) is 0 Å². The summed E-state index contributed by atoms with van der Waals surface area (Å²) < 4.78 is 5.43. The molecule has 180 valence electrons. The second-order valence-electron chi connectivity index (χ2n) is 7.65. The van der Waals surface area contributed by atoms with E-state index >= 15 is 0 Å². The molecule has 7 heteroatoms. The van der Waals surface area contributed by atoms with Crippen LogP contribution in [0.2, 0.25) is 0 Å². The Bertz CT molecular complexity index is 653. The van der Waals surface area contributed by atoms with Crippen molar-refractivity contribution < 1.29 is 35.4 Å². The Morgan fingerprint density at radius 1 is 0.844 bits per heavy atom. The van der Waals surface area contributed by atoms with Crippen molar-refractivity contribution in [2.45, 2.75) is 74.8 Å². The predicted molar refractivity (Wildman–Crippen MR) is 125 cm³/mol. The number of hydrogen-bond acceptors (Lipinski definition) is 7. The van der Waals surface area contributed by atoms with Crippen molar-refractivity contribution in [2.24, 2.45) is 0 Å². The lowest BCUT2D eigenvalue weighted by atomic mass is 9.90. The van der Waals surface area contributed by atoms with Gasteiger partial charge in [0.15, 0.2) is 0 Å². The van der Waals surface area contributed by atoms with Crippen molar-refractivity contribution >= 4 is 0 Å². The Morgan fingerprint density at radius 2 is 1.41 bits per heavy atom. The summed E-state index contributed by atoms with van der Waals surface area (Å²) in [5.74, 6) is 0. The second kappa shape index (κ2) is 16.7. The molecular formula is C25H38O7. The van der Waals surface area contributed by atoms with Crippen LogP contribution in [0, 0.1) is 0 Å². The molecule has 32 heavy (non-hydrogen) atoms. The molecule has 0 amide bonds. The number of hydrogen-bond donors (Lipinski definition) is 6. The standard InChI is InChI=1S/C25H38O7/c1-2-3-4-5-6-7-8-9-10-11-12-13-14-15-16-19(27)23(30)25-24(31)20(28)17-22(32-25)21(29)18-26/h2-4,7-12,15-16,19-31H,1,5-6,13-14,17-18H2/b4-3+,8-7+,10-9+,12-11+,16-15+/t19-,20-,21-,22-,23+,24-,25+/m1/s1. The second-order valence-corrected chi connectivity index (χ2v) is 7.65. The van der Waals surface area contributed by atoms with Crippen LogP contribution in [0.3, 0.4) is 0 Å². The Balaban J connectivity index is 2.36. The van der Waals surface area contributed by atoms with Gasteiger partial charge < -0.3 is 35.4 Å². The first-order chi connectivity index (χ1) is 15.4. The number of aliphatic hydroxyl groups is 6. The van der Waals surface area contributed by atoms with Gasteiger partial charge in [0.05, 0.1) is 18.8 Å². The Labute approximate surface area is 190 Å². The van der Waals surface area contributed by atoms with Crippen LogP contribution in [0.1, 0.15) is 32.1 Å². The van der Waals surface area contributed by atoms with Crippen molar-refractivity contribution in [3.63, 3.8) is 0 Å². The summed E-state index contributed by atoms with van der Waals surface area (Å²) in [7, 11) is 0. The molecule has 0 spiro atoms. The van der Waals surface area contributed by atoms with Gasteiger partial charge in [0.25, 0.3) is 0 Å². The molecule has 0 radical (unpaired) electrons. The van der Waals surface area contributed by atoms with E-state index in [1.807, 2.05) is 36.5 Å². The molecule has 1 saturated heterocycles. The minimum Gasteiger partial charge on any atom is -0.394 e. The molecular weight excluding hydrogens is 412 g/mol. The average Bonchev–Trinajstić information content (AvgIpc) is 2.79. The van der Waals surface area contributed by atoms with Gasteiger partial charge in [-0.15, -0.1) is 0 Å². The van der Waals surface area contributed by atoms with Crippen LogP contribution in [-0.4, -0.2) is 80.0 Å². The minimum atomic E-state index is -1.50. The van der Waals surface area contributed by atoms with Crippen LogP contribution in [0.5, 0.6) is 0 Å². The Morgan fingerprint density at radius 3 is 1.97 bits per heavy atom. The summed E-state index contributed by atoms with van der Waals surface area (Å²) in [5.41, 5.74) is 0. The fourth-order valence-electron chi connectivity index (χ4n) is 3.18. The van der Waals surface area contributed by atoms with Crippen LogP contribution in [0.4, 0.5) is 0 Å². The van der Waals surface area contributed by atoms with E-state index in [1.54, 1.807) is 12.2 Å². The van der Waals surface area contributed by atoms with E-state index in [1.165, 1.54) is 6.08 Å². The molecule has 0 aromatic rings. The molecule has 0 saturated carbocycles.